The highest BCUT2D eigenvalue weighted by molar-refractivity contribution is 5.97. The van der Waals surface area contributed by atoms with Crippen LogP contribution in [0.1, 0.15) is 0 Å². The van der Waals surface area contributed by atoms with E-state index in [-0.39, 0.29) is 24.2 Å². The lowest BCUT2D eigenvalue weighted by molar-refractivity contribution is -0.384. The summed E-state index contributed by atoms with van der Waals surface area (Å²) in [4.78, 5) is 23.7. The van der Waals surface area contributed by atoms with Gasteiger partial charge in [-0.1, -0.05) is 0 Å². The molecule has 3 rings (SSSR count). The Hall–Kier alpha value is -2.35. The van der Waals surface area contributed by atoms with Crippen molar-refractivity contribution in [3.63, 3.8) is 0 Å². The van der Waals surface area contributed by atoms with E-state index in [1.54, 1.807) is 6.07 Å². The molecule has 0 aromatic heterocycles. The number of nitrogens with zero attached hydrogens (tertiary/aromatic N) is 2. The molecule has 2 aliphatic rings. The highest BCUT2D eigenvalue weighted by atomic mass is 16.6. The number of benzene rings is 1. The molecule has 100 valence electrons. The number of amides is 1. The molecule has 0 unspecified atom stereocenters. The number of rotatable bonds is 2. The normalized spacial score (nSPS) is 18.2. The Morgan fingerprint density at radius 3 is 2.84 bits per heavy atom. The van der Waals surface area contributed by atoms with Crippen LogP contribution in [0.2, 0.25) is 0 Å². The highest BCUT2D eigenvalue weighted by Crippen LogP contribution is 2.40. The smallest absolute Gasteiger partial charge is 0.296 e. The lowest BCUT2D eigenvalue weighted by atomic mass is 10.1. The summed E-state index contributed by atoms with van der Waals surface area (Å²) in [5.74, 6) is 0.0486. The van der Waals surface area contributed by atoms with Gasteiger partial charge in [-0.2, -0.15) is 0 Å². The number of nitro groups is 1. The molecule has 0 radical (unpaired) electrons. The van der Waals surface area contributed by atoms with Crippen LogP contribution in [-0.4, -0.2) is 36.6 Å². The molecule has 1 aromatic carbocycles. The van der Waals surface area contributed by atoms with E-state index in [4.69, 9.17) is 10.5 Å². The fraction of sp³-hybridized carbons (Fsp3) is 0.364. The minimum absolute atomic E-state index is 0.0291. The van der Waals surface area contributed by atoms with Crippen LogP contribution in [0.3, 0.4) is 0 Å². The van der Waals surface area contributed by atoms with Crippen LogP contribution in [0, 0.1) is 10.1 Å². The summed E-state index contributed by atoms with van der Waals surface area (Å²) < 4.78 is 5.17. The number of hydrogen-bond acceptors (Lipinski definition) is 6. The first kappa shape index (κ1) is 11.7. The molecule has 0 saturated carbocycles. The monoisotopic (exact) mass is 264 g/mol. The molecule has 8 heteroatoms. The van der Waals surface area contributed by atoms with Gasteiger partial charge in [-0.3, -0.25) is 14.9 Å². The number of nitrogens with two attached hydrogens (primary N) is 1. The van der Waals surface area contributed by atoms with E-state index in [1.165, 1.54) is 6.07 Å². The van der Waals surface area contributed by atoms with Crippen molar-refractivity contribution in [3.8, 4) is 5.75 Å². The fourth-order valence-electron chi connectivity index (χ4n) is 2.21. The first-order valence-corrected chi connectivity index (χ1v) is 5.80. The quantitative estimate of drug-likeness (QED) is 0.577. The second kappa shape index (κ2) is 4.09. The third-order valence-electron chi connectivity index (χ3n) is 3.16. The number of hydrogen-bond donors (Lipinski definition) is 2. The first-order chi connectivity index (χ1) is 9.04. The van der Waals surface area contributed by atoms with E-state index in [0.29, 0.717) is 30.2 Å². The molecule has 8 nitrogen and oxygen atoms in total. The summed E-state index contributed by atoms with van der Waals surface area (Å²) in [5, 5.41) is 13.7. The maximum absolute atomic E-state index is 11.3. The van der Waals surface area contributed by atoms with Crippen molar-refractivity contribution in [2.45, 2.75) is 6.04 Å². The average molecular weight is 264 g/mol. The van der Waals surface area contributed by atoms with Gasteiger partial charge in [0.15, 0.2) is 12.4 Å². The summed E-state index contributed by atoms with van der Waals surface area (Å²) in [7, 11) is 0. The van der Waals surface area contributed by atoms with Gasteiger partial charge in [0.1, 0.15) is 5.69 Å². The third-order valence-corrected chi connectivity index (χ3v) is 3.16. The zero-order chi connectivity index (χ0) is 13.6. The van der Waals surface area contributed by atoms with E-state index in [9.17, 15) is 14.9 Å². The van der Waals surface area contributed by atoms with Crippen LogP contribution in [0.15, 0.2) is 12.1 Å². The lowest BCUT2D eigenvalue weighted by Crippen LogP contribution is -2.56. The number of nitro benzene ring substituents is 1. The minimum atomic E-state index is -0.459. The van der Waals surface area contributed by atoms with E-state index in [0.717, 1.165) is 0 Å². The van der Waals surface area contributed by atoms with Gasteiger partial charge in [0, 0.05) is 19.1 Å². The third kappa shape index (κ3) is 1.95. The molecule has 2 aliphatic heterocycles. The summed E-state index contributed by atoms with van der Waals surface area (Å²) in [6.45, 7) is 1.00. The van der Waals surface area contributed by atoms with Gasteiger partial charge in [0.2, 0.25) is 0 Å². The molecule has 19 heavy (non-hydrogen) atoms. The van der Waals surface area contributed by atoms with Gasteiger partial charge >= 0.3 is 0 Å². The van der Waals surface area contributed by atoms with Gasteiger partial charge in [-0.05, 0) is 6.07 Å². The van der Waals surface area contributed by atoms with Gasteiger partial charge in [0.25, 0.3) is 11.6 Å². The topological polar surface area (TPSA) is 111 Å². The van der Waals surface area contributed by atoms with E-state index >= 15 is 0 Å². The molecule has 0 atom stereocenters. The molecular formula is C11H12N4O4. The molecular weight excluding hydrogens is 252 g/mol. The number of carbonyl (C=O) groups is 1. The van der Waals surface area contributed by atoms with Crippen LogP contribution < -0.4 is 20.7 Å². The second-order valence-corrected chi connectivity index (χ2v) is 4.60. The molecule has 1 saturated heterocycles. The Kier molecular flexibility index (Phi) is 2.53. The predicted octanol–water partition coefficient (Wildman–Crippen LogP) is 0.0730. The van der Waals surface area contributed by atoms with Crippen molar-refractivity contribution in [3.05, 3.63) is 22.2 Å². The number of fused-ring (bicyclic) bond motifs is 1. The van der Waals surface area contributed by atoms with Crippen LogP contribution >= 0.6 is 0 Å². The highest BCUT2D eigenvalue weighted by Gasteiger charge is 2.31. The Balaban J connectivity index is 2.03. The van der Waals surface area contributed by atoms with E-state index in [1.807, 2.05) is 4.90 Å². The van der Waals surface area contributed by atoms with Crippen LogP contribution in [-0.2, 0) is 4.79 Å². The molecule has 2 heterocycles. The van der Waals surface area contributed by atoms with Crippen molar-refractivity contribution < 1.29 is 14.5 Å². The Bertz CT molecular complexity index is 568. The molecule has 0 aliphatic carbocycles. The Morgan fingerprint density at radius 2 is 2.21 bits per heavy atom. The zero-order valence-electron chi connectivity index (χ0n) is 9.96. The number of ether oxygens (including phenoxy) is 1. The van der Waals surface area contributed by atoms with Crippen molar-refractivity contribution in [1.29, 1.82) is 0 Å². The van der Waals surface area contributed by atoms with Crippen LogP contribution in [0.5, 0.6) is 5.75 Å². The standard InChI is InChI=1S/C11H12N4O4/c12-6-3-14(4-6)8-1-7-10(2-9(8)15(17)18)19-5-11(16)13-7/h1-2,6H,3-5,12H2,(H,13,16). The SMILES string of the molecule is NC1CN(c2cc3c(cc2[N+](=O)[O-])OCC(=O)N3)C1. The number of carbonyl (C=O) groups excluding carboxylic acids is 1. The second-order valence-electron chi connectivity index (χ2n) is 4.60. The van der Waals surface area contributed by atoms with Gasteiger partial charge in [0.05, 0.1) is 16.7 Å². The molecule has 3 N–H and O–H groups in total. The zero-order valence-corrected chi connectivity index (χ0v) is 9.96. The molecule has 0 bridgehead atoms. The molecule has 0 spiro atoms. The van der Waals surface area contributed by atoms with Crippen LogP contribution in [0.25, 0.3) is 0 Å². The van der Waals surface area contributed by atoms with Crippen molar-refractivity contribution in [2.24, 2.45) is 5.73 Å². The van der Waals surface area contributed by atoms with Gasteiger partial charge < -0.3 is 20.7 Å². The summed E-state index contributed by atoms with van der Waals surface area (Å²) >= 11 is 0. The Labute approximate surface area is 108 Å². The Morgan fingerprint density at radius 1 is 1.47 bits per heavy atom. The van der Waals surface area contributed by atoms with Crippen molar-refractivity contribution >= 4 is 23.0 Å². The predicted molar refractivity (Wildman–Crippen MR) is 67.4 cm³/mol. The van der Waals surface area contributed by atoms with Gasteiger partial charge in [-0.25, -0.2) is 0 Å². The molecule has 1 fully saturated rings. The lowest BCUT2D eigenvalue weighted by Gasteiger charge is -2.38. The molecule has 1 amide bonds. The van der Waals surface area contributed by atoms with Crippen LogP contribution in [0.4, 0.5) is 17.1 Å². The molecule has 1 aromatic rings. The van der Waals surface area contributed by atoms with Crippen molar-refractivity contribution in [2.75, 3.05) is 29.9 Å². The number of nitrogens with one attached hydrogen (secondary N) is 1. The fourth-order valence-corrected chi connectivity index (χ4v) is 2.21. The minimum Gasteiger partial charge on any atom is -0.481 e. The van der Waals surface area contributed by atoms with E-state index < -0.39 is 4.92 Å². The summed E-state index contributed by atoms with van der Waals surface area (Å²) in [5.41, 5.74) is 6.56. The first-order valence-electron chi connectivity index (χ1n) is 5.80. The maximum atomic E-state index is 11.3. The van der Waals surface area contributed by atoms with E-state index in [2.05, 4.69) is 5.32 Å². The maximum Gasteiger partial charge on any atom is 0.296 e. The average Bonchev–Trinajstić information content (AvgIpc) is 2.33. The number of anilines is 2. The van der Waals surface area contributed by atoms with Gasteiger partial charge in [-0.15, -0.1) is 0 Å². The largest absolute Gasteiger partial charge is 0.481 e. The van der Waals surface area contributed by atoms with Crippen molar-refractivity contribution in [1.82, 2.24) is 0 Å². The summed E-state index contributed by atoms with van der Waals surface area (Å²) in [6, 6.07) is 2.94. The summed E-state index contributed by atoms with van der Waals surface area (Å²) in [6.07, 6.45) is 0.